The predicted molar refractivity (Wildman–Crippen MR) is 95.2 cm³/mol. The van der Waals surface area contributed by atoms with Gasteiger partial charge < -0.3 is 9.64 Å². The van der Waals surface area contributed by atoms with E-state index < -0.39 is 0 Å². The van der Waals surface area contributed by atoms with Crippen molar-refractivity contribution in [1.82, 2.24) is 14.8 Å². The van der Waals surface area contributed by atoms with Gasteiger partial charge in [-0.1, -0.05) is 44.9 Å². The molecule has 23 heavy (non-hydrogen) atoms. The van der Waals surface area contributed by atoms with E-state index in [4.69, 9.17) is 4.74 Å². The van der Waals surface area contributed by atoms with E-state index in [9.17, 15) is 0 Å². The largest absolute Gasteiger partial charge is 0.378 e. The van der Waals surface area contributed by atoms with Crippen molar-refractivity contribution in [2.75, 3.05) is 37.0 Å². The Kier molecular flexibility index (Phi) is 6.22. The Morgan fingerprint density at radius 2 is 1.87 bits per heavy atom. The summed E-state index contributed by atoms with van der Waals surface area (Å²) in [6.45, 7) is 8.94. The van der Waals surface area contributed by atoms with Crippen molar-refractivity contribution < 1.29 is 4.74 Å². The molecule has 0 radical (unpaired) electrons. The monoisotopic (exact) mass is 338 g/mol. The van der Waals surface area contributed by atoms with Crippen LogP contribution in [0.3, 0.4) is 0 Å². The lowest BCUT2D eigenvalue weighted by atomic mass is 9.91. The molecular formula is C17H30N4OS. The second kappa shape index (κ2) is 8.38. The highest BCUT2D eigenvalue weighted by molar-refractivity contribution is 7.99. The highest BCUT2D eigenvalue weighted by Crippen LogP contribution is 2.31. The van der Waals surface area contributed by atoms with Crippen molar-refractivity contribution in [2.45, 2.75) is 57.7 Å². The molecule has 1 aliphatic carbocycles. The Morgan fingerprint density at radius 1 is 1.13 bits per heavy atom. The molecule has 0 atom stereocenters. The van der Waals surface area contributed by atoms with Gasteiger partial charge in [0.1, 0.15) is 0 Å². The number of hydrogen-bond acceptors (Lipinski definition) is 5. The fourth-order valence-electron chi connectivity index (χ4n) is 3.46. The molecule has 2 fully saturated rings. The van der Waals surface area contributed by atoms with Crippen molar-refractivity contribution in [1.29, 1.82) is 0 Å². The van der Waals surface area contributed by atoms with Crippen molar-refractivity contribution >= 4 is 17.7 Å². The van der Waals surface area contributed by atoms with Gasteiger partial charge in [0.25, 0.3) is 0 Å². The summed E-state index contributed by atoms with van der Waals surface area (Å²) in [5.41, 5.74) is 0. The van der Waals surface area contributed by atoms with Gasteiger partial charge in [-0.25, -0.2) is 0 Å². The smallest absolute Gasteiger partial charge is 0.228 e. The maximum atomic E-state index is 5.47. The number of aromatic nitrogens is 3. The van der Waals surface area contributed by atoms with Crippen LogP contribution in [0.5, 0.6) is 0 Å². The van der Waals surface area contributed by atoms with Gasteiger partial charge in [0.2, 0.25) is 5.95 Å². The van der Waals surface area contributed by atoms with Gasteiger partial charge >= 0.3 is 0 Å². The molecule has 1 aromatic heterocycles. The van der Waals surface area contributed by atoms with Crippen molar-refractivity contribution in [3.8, 4) is 0 Å². The molecule has 0 N–H and O–H groups in total. The summed E-state index contributed by atoms with van der Waals surface area (Å²) in [5.74, 6) is 3.69. The Morgan fingerprint density at radius 3 is 2.57 bits per heavy atom. The molecule has 1 saturated carbocycles. The number of hydrogen-bond donors (Lipinski definition) is 0. The maximum absolute atomic E-state index is 5.47. The molecule has 5 nitrogen and oxygen atoms in total. The van der Waals surface area contributed by atoms with E-state index in [1.807, 2.05) is 11.8 Å². The van der Waals surface area contributed by atoms with E-state index in [1.165, 1.54) is 37.9 Å². The number of morpholine rings is 1. The Hall–Kier alpha value is -0.750. The number of rotatable bonds is 6. The summed E-state index contributed by atoms with van der Waals surface area (Å²) >= 11 is 1.91. The topological polar surface area (TPSA) is 43.2 Å². The molecular weight excluding hydrogens is 308 g/mol. The summed E-state index contributed by atoms with van der Waals surface area (Å²) in [7, 11) is 0. The normalized spacial score (nSPS) is 20.4. The zero-order valence-electron chi connectivity index (χ0n) is 14.5. The lowest BCUT2D eigenvalue weighted by Crippen LogP contribution is -2.38. The van der Waals surface area contributed by atoms with Crippen LogP contribution in [0.2, 0.25) is 0 Å². The molecule has 6 heteroatoms. The van der Waals surface area contributed by atoms with Crippen molar-refractivity contribution in [3.05, 3.63) is 0 Å². The number of nitrogens with zero attached hydrogens (tertiary/aromatic N) is 4. The Balaban J connectivity index is 1.69. The van der Waals surface area contributed by atoms with Crippen LogP contribution >= 0.6 is 11.8 Å². The first-order valence-corrected chi connectivity index (χ1v) is 10.1. The van der Waals surface area contributed by atoms with Gasteiger partial charge in [-0.05, 0) is 24.7 Å². The summed E-state index contributed by atoms with van der Waals surface area (Å²) in [6, 6.07) is 0. The van der Waals surface area contributed by atoms with Crippen LogP contribution in [0.25, 0.3) is 0 Å². The van der Waals surface area contributed by atoms with Crippen LogP contribution < -0.4 is 4.90 Å². The minimum Gasteiger partial charge on any atom is -0.378 e. The van der Waals surface area contributed by atoms with E-state index in [-0.39, 0.29) is 0 Å². The third-order valence-electron chi connectivity index (χ3n) is 4.71. The van der Waals surface area contributed by atoms with Gasteiger partial charge in [-0.15, -0.1) is 10.2 Å². The standard InChI is InChI=1S/C17H30N4OS/c1-14(2)12-21-16(20-8-10-22-11-9-20)18-19-17(21)23-13-15-6-4-3-5-7-15/h14-15H,3-13H2,1-2H3. The van der Waals surface area contributed by atoms with Crippen LogP contribution in [-0.2, 0) is 11.3 Å². The third-order valence-corrected chi connectivity index (χ3v) is 5.91. The van der Waals surface area contributed by atoms with Gasteiger partial charge in [0.05, 0.1) is 13.2 Å². The lowest BCUT2D eigenvalue weighted by molar-refractivity contribution is 0.121. The molecule has 0 bridgehead atoms. The van der Waals surface area contributed by atoms with Crippen LogP contribution in [0.1, 0.15) is 46.0 Å². The lowest BCUT2D eigenvalue weighted by Gasteiger charge is -2.28. The first-order chi connectivity index (χ1) is 11.2. The minimum atomic E-state index is 0.597. The average molecular weight is 339 g/mol. The molecule has 1 aromatic rings. The van der Waals surface area contributed by atoms with Crippen molar-refractivity contribution in [3.63, 3.8) is 0 Å². The molecule has 2 aliphatic rings. The summed E-state index contributed by atoms with van der Waals surface area (Å²) < 4.78 is 7.81. The Labute approximate surface area is 144 Å². The molecule has 1 saturated heterocycles. The molecule has 2 heterocycles. The van der Waals surface area contributed by atoms with E-state index in [2.05, 4.69) is 33.5 Å². The predicted octanol–water partition coefficient (Wildman–Crippen LogP) is 3.44. The molecule has 0 spiro atoms. The van der Waals surface area contributed by atoms with Crippen LogP contribution in [0.15, 0.2) is 5.16 Å². The third kappa shape index (κ3) is 4.63. The van der Waals surface area contributed by atoms with Gasteiger partial charge in [0, 0.05) is 25.4 Å². The molecule has 1 aliphatic heterocycles. The van der Waals surface area contributed by atoms with Gasteiger partial charge in [-0.3, -0.25) is 4.57 Å². The van der Waals surface area contributed by atoms with Gasteiger partial charge in [-0.2, -0.15) is 0 Å². The van der Waals surface area contributed by atoms with Crippen molar-refractivity contribution in [2.24, 2.45) is 11.8 Å². The van der Waals surface area contributed by atoms with Gasteiger partial charge in [0.15, 0.2) is 5.16 Å². The first kappa shape index (κ1) is 17.1. The second-order valence-corrected chi connectivity index (χ2v) is 8.19. The molecule has 0 amide bonds. The minimum absolute atomic E-state index is 0.597. The summed E-state index contributed by atoms with van der Waals surface area (Å²) in [4.78, 5) is 2.32. The highest BCUT2D eigenvalue weighted by atomic mass is 32.2. The molecule has 0 aromatic carbocycles. The van der Waals surface area contributed by atoms with E-state index in [1.54, 1.807) is 0 Å². The Bertz CT molecular complexity index is 479. The highest BCUT2D eigenvalue weighted by Gasteiger charge is 2.22. The number of anilines is 1. The molecule has 3 rings (SSSR count). The zero-order chi connectivity index (χ0) is 16.1. The van der Waals surface area contributed by atoms with E-state index in [0.717, 1.165) is 49.9 Å². The van der Waals surface area contributed by atoms with Crippen LogP contribution in [-0.4, -0.2) is 46.8 Å². The molecule has 0 unspecified atom stereocenters. The zero-order valence-corrected chi connectivity index (χ0v) is 15.4. The maximum Gasteiger partial charge on any atom is 0.228 e. The second-order valence-electron chi connectivity index (χ2n) is 7.20. The number of thioether (sulfide) groups is 1. The molecule has 130 valence electrons. The quantitative estimate of drug-likeness (QED) is 0.743. The summed E-state index contributed by atoms with van der Waals surface area (Å²) in [6.07, 6.45) is 7.01. The fourth-order valence-corrected chi connectivity index (χ4v) is 4.58. The first-order valence-electron chi connectivity index (χ1n) is 9.12. The van der Waals surface area contributed by atoms with E-state index in [0.29, 0.717) is 5.92 Å². The fraction of sp³-hybridized carbons (Fsp3) is 0.882. The number of ether oxygens (including phenoxy) is 1. The SMILES string of the molecule is CC(C)Cn1c(SCC2CCCCC2)nnc1N1CCOCC1. The van der Waals surface area contributed by atoms with E-state index >= 15 is 0 Å². The van der Waals surface area contributed by atoms with Crippen LogP contribution in [0, 0.1) is 11.8 Å². The average Bonchev–Trinajstić information content (AvgIpc) is 2.97. The summed E-state index contributed by atoms with van der Waals surface area (Å²) in [5, 5.41) is 10.1. The van der Waals surface area contributed by atoms with Crippen LogP contribution in [0.4, 0.5) is 5.95 Å².